The smallest absolute Gasteiger partial charge is 0.342 e. The maximum Gasteiger partial charge on any atom is 0.342 e. The Morgan fingerprint density at radius 2 is 2.12 bits per heavy atom. The Balaban J connectivity index is 2.26. The molecule has 2 aromatic rings. The van der Waals surface area contributed by atoms with E-state index in [0.29, 0.717) is 28.8 Å². The molecule has 0 aromatic carbocycles. The van der Waals surface area contributed by atoms with Gasteiger partial charge in [-0.15, -0.1) is 0 Å². The Hall–Kier alpha value is -2.57. The Morgan fingerprint density at radius 3 is 2.76 bits per heavy atom. The van der Waals surface area contributed by atoms with E-state index >= 15 is 0 Å². The van der Waals surface area contributed by atoms with Crippen LogP contribution < -0.4 is 10.1 Å². The number of methoxy groups -OCH3 is 1. The molecule has 0 saturated carbocycles. The summed E-state index contributed by atoms with van der Waals surface area (Å²) in [4.78, 5) is 20.0. The van der Waals surface area contributed by atoms with Gasteiger partial charge in [-0.2, -0.15) is 0 Å². The molecular formula is C18H22FN3O3. The van der Waals surface area contributed by atoms with Crippen molar-refractivity contribution in [2.75, 3.05) is 13.7 Å². The van der Waals surface area contributed by atoms with Crippen LogP contribution in [0.4, 0.5) is 4.39 Å². The molecule has 6 nitrogen and oxygen atoms in total. The highest BCUT2D eigenvalue weighted by Crippen LogP contribution is 2.38. The molecule has 25 heavy (non-hydrogen) atoms. The highest BCUT2D eigenvalue weighted by atomic mass is 19.1. The summed E-state index contributed by atoms with van der Waals surface area (Å²) in [6.07, 6.45) is 1.40. The molecule has 2 aromatic heterocycles. The van der Waals surface area contributed by atoms with Crippen molar-refractivity contribution in [3.63, 3.8) is 0 Å². The molecule has 3 heterocycles. The molecule has 2 N–H and O–H groups in total. The number of hydrogen-bond donors (Lipinski definition) is 2. The number of carbonyl (C=O) groups excluding carboxylic acids is 1. The maximum absolute atomic E-state index is 14.1. The number of carbonyl (C=O) groups is 1. The molecule has 134 valence electrons. The zero-order valence-corrected chi connectivity index (χ0v) is 15.0. The van der Waals surface area contributed by atoms with Crippen molar-refractivity contribution in [3.8, 4) is 5.88 Å². The van der Waals surface area contributed by atoms with Crippen LogP contribution >= 0.6 is 0 Å². The average Bonchev–Trinajstić information content (AvgIpc) is 2.81. The number of fused-ring (bicyclic) bond motifs is 3. The number of aromatic nitrogens is 2. The SMILES string of the molecule is COc1nc2c3c([nH]c2cc1F)C(C(=O)OC(C)C)=CNCC3(C)C. The van der Waals surface area contributed by atoms with Crippen molar-refractivity contribution < 1.29 is 18.7 Å². The molecule has 0 fully saturated rings. The molecule has 0 bridgehead atoms. The number of pyridine rings is 1. The summed E-state index contributed by atoms with van der Waals surface area (Å²) in [7, 11) is 1.38. The molecule has 1 aliphatic heterocycles. The van der Waals surface area contributed by atoms with Gasteiger partial charge < -0.3 is 19.8 Å². The number of ether oxygens (including phenoxy) is 2. The van der Waals surface area contributed by atoms with E-state index in [2.05, 4.69) is 15.3 Å². The molecule has 0 amide bonds. The third kappa shape index (κ3) is 2.94. The Kier molecular flexibility index (Phi) is 4.18. The number of esters is 1. The number of H-pyrrole nitrogens is 1. The van der Waals surface area contributed by atoms with Gasteiger partial charge in [0.25, 0.3) is 5.88 Å². The van der Waals surface area contributed by atoms with Crippen molar-refractivity contribution in [1.82, 2.24) is 15.3 Å². The van der Waals surface area contributed by atoms with Gasteiger partial charge in [-0.3, -0.25) is 0 Å². The first-order valence-corrected chi connectivity index (χ1v) is 8.16. The summed E-state index contributed by atoms with van der Waals surface area (Å²) in [5.74, 6) is -1.07. The second kappa shape index (κ2) is 6.06. The van der Waals surface area contributed by atoms with Gasteiger partial charge in [0, 0.05) is 29.8 Å². The van der Waals surface area contributed by atoms with E-state index in [1.54, 1.807) is 20.0 Å². The molecule has 3 rings (SSSR count). The van der Waals surface area contributed by atoms with Crippen LogP contribution in [-0.4, -0.2) is 35.7 Å². The summed E-state index contributed by atoms with van der Waals surface area (Å²) >= 11 is 0. The van der Waals surface area contributed by atoms with Crippen molar-refractivity contribution in [2.45, 2.75) is 39.2 Å². The van der Waals surface area contributed by atoms with E-state index in [-0.39, 0.29) is 17.4 Å². The summed E-state index contributed by atoms with van der Waals surface area (Å²) in [6, 6.07) is 1.34. The highest BCUT2D eigenvalue weighted by molar-refractivity contribution is 6.17. The molecule has 0 saturated heterocycles. The lowest BCUT2D eigenvalue weighted by molar-refractivity contribution is -0.140. The number of rotatable bonds is 3. The van der Waals surface area contributed by atoms with Crippen molar-refractivity contribution >= 4 is 22.6 Å². The van der Waals surface area contributed by atoms with Crippen LogP contribution in [-0.2, 0) is 14.9 Å². The molecule has 7 heteroatoms. The fraction of sp³-hybridized carbons (Fsp3) is 0.444. The molecule has 0 aliphatic carbocycles. The monoisotopic (exact) mass is 347 g/mol. The first-order valence-electron chi connectivity index (χ1n) is 8.16. The van der Waals surface area contributed by atoms with Gasteiger partial charge in [-0.05, 0) is 13.8 Å². The van der Waals surface area contributed by atoms with E-state index < -0.39 is 11.8 Å². The zero-order valence-electron chi connectivity index (χ0n) is 15.0. The Morgan fingerprint density at radius 1 is 1.40 bits per heavy atom. The average molecular weight is 347 g/mol. The summed E-state index contributed by atoms with van der Waals surface area (Å²) in [6.45, 7) is 8.25. The van der Waals surface area contributed by atoms with Crippen molar-refractivity contribution in [1.29, 1.82) is 0 Å². The second-order valence-corrected chi connectivity index (χ2v) is 7.03. The molecule has 0 spiro atoms. The third-order valence-electron chi connectivity index (χ3n) is 4.18. The van der Waals surface area contributed by atoms with Crippen LogP contribution in [0.25, 0.3) is 16.6 Å². The van der Waals surface area contributed by atoms with E-state index in [1.807, 2.05) is 13.8 Å². The Labute approximate surface area is 145 Å². The van der Waals surface area contributed by atoms with Gasteiger partial charge in [0.05, 0.1) is 35.5 Å². The number of hydrogen-bond acceptors (Lipinski definition) is 5. The quantitative estimate of drug-likeness (QED) is 0.835. The number of halogens is 1. The van der Waals surface area contributed by atoms with Crippen molar-refractivity contribution in [3.05, 3.63) is 29.3 Å². The summed E-state index contributed by atoms with van der Waals surface area (Å²) in [5, 5.41) is 3.16. The predicted molar refractivity (Wildman–Crippen MR) is 92.8 cm³/mol. The van der Waals surface area contributed by atoms with E-state index in [0.717, 1.165) is 5.56 Å². The van der Waals surface area contributed by atoms with Gasteiger partial charge >= 0.3 is 5.97 Å². The van der Waals surface area contributed by atoms with Crippen LogP contribution in [0.15, 0.2) is 12.3 Å². The minimum Gasteiger partial charge on any atom is -0.479 e. The van der Waals surface area contributed by atoms with Crippen LogP contribution in [0, 0.1) is 5.82 Å². The highest BCUT2D eigenvalue weighted by Gasteiger charge is 2.34. The molecular weight excluding hydrogens is 325 g/mol. The zero-order chi connectivity index (χ0) is 18.4. The lowest BCUT2D eigenvalue weighted by atomic mass is 9.83. The first-order chi connectivity index (χ1) is 11.7. The van der Waals surface area contributed by atoms with Crippen LogP contribution in [0.1, 0.15) is 39.0 Å². The van der Waals surface area contributed by atoms with Gasteiger partial charge in [-0.25, -0.2) is 14.2 Å². The third-order valence-corrected chi connectivity index (χ3v) is 4.18. The van der Waals surface area contributed by atoms with Crippen LogP contribution in [0.2, 0.25) is 0 Å². The number of aromatic amines is 1. The molecule has 0 atom stereocenters. The number of nitrogens with zero attached hydrogens (tertiary/aromatic N) is 1. The standard InChI is InChI=1S/C18H22FN3O3/c1-9(2)25-17(23)10-7-20-8-18(3,4)13-14(10)21-12-6-11(19)16(24-5)22-15(12)13/h6-7,9,20-21H,8H2,1-5H3. The molecule has 1 aliphatic rings. The maximum atomic E-state index is 14.1. The minimum atomic E-state index is -0.558. The van der Waals surface area contributed by atoms with Crippen molar-refractivity contribution in [2.24, 2.45) is 0 Å². The second-order valence-electron chi connectivity index (χ2n) is 7.03. The number of nitrogens with one attached hydrogen (secondary N) is 2. The van der Waals surface area contributed by atoms with Gasteiger partial charge in [0.2, 0.25) is 0 Å². The fourth-order valence-electron chi connectivity index (χ4n) is 3.08. The minimum absolute atomic E-state index is 0.0717. The fourth-order valence-corrected chi connectivity index (χ4v) is 3.08. The van der Waals surface area contributed by atoms with E-state index in [4.69, 9.17) is 9.47 Å². The topological polar surface area (TPSA) is 76.2 Å². The van der Waals surface area contributed by atoms with E-state index in [9.17, 15) is 9.18 Å². The Bertz CT molecular complexity index is 868. The first kappa shape index (κ1) is 17.3. The lowest BCUT2D eigenvalue weighted by Gasteiger charge is -2.23. The normalized spacial score (nSPS) is 16.0. The lowest BCUT2D eigenvalue weighted by Crippen LogP contribution is -2.29. The summed E-state index contributed by atoms with van der Waals surface area (Å²) in [5.41, 5.74) is 2.55. The van der Waals surface area contributed by atoms with Gasteiger partial charge in [0.15, 0.2) is 5.82 Å². The molecule has 0 radical (unpaired) electrons. The van der Waals surface area contributed by atoms with Crippen LogP contribution in [0.3, 0.4) is 0 Å². The predicted octanol–water partition coefficient (Wildman–Crippen LogP) is 2.88. The molecule has 0 unspecified atom stereocenters. The largest absolute Gasteiger partial charge is 0.479 e. The van der Waals surface area contributed by atoms with Gasteiger partial charge in [0.1, 0.15) is 0 Å². The van der Waals surface area contributed by atoms with Crippen LogP contribution in [0.5, 0.6) is 5.88 Å². The van der Waals surface area contributed by atoms with E-state index in [1.165, 1.54) is 13.2 Å². The summed E-state index contributed by atoms with van der Waals surface area (Å²) < 4.78 is 24.4. The van der Waals surface area contributed by atoms with Gasteiger partial charge in [-0.1, -0.05) is 13.8 Å².